The van der Waals surface area contributed by atoms with Gasteiger partial charge in [-0.25, -0.2) is 14.2 Å². The molecule has 33 heavy (non-hydrogen) atoms. The van der Waals surface area contributed by atoms with Gasteiger partial charge >= 0.3 is 5.69 Å². The van der Waals surface area contributed by atoms with Crippen LogP contribution in [0.1, 0.15) is 44.5 Å². The minimum absolute atomic E-state index is 0. The lowest BCUT2D eigenvalue weighted by atomic mass is 10.1. The second-order valence-corrected chi connectivity index (χ2v) is 8.15. The van der Waals surface area contributed by atoms with Crippen molar-refractivity contribution in [1.29, 1.82) is 0 Å². The Morgan fingerprint density at radius 3 is 2.85 bits per heavy atom. The van der Waals surface area contributed by atoms with Crippen LogP contribution in [-0.4, -0.2) is 35.7 Å². The summed E-state index contributed by atoms with van der Waals surface area (Å²) in [6.07, 6.45) is 5.15. The summed E-state index contributed by atoms with van der Waals surface area (Å²) in [5.74, 6) is -0.175. The first kappa shape index (κ1) is 22.5. The molecule has 4 N–H and O–H groups in total. The van der Waals surface area contributed by atoms with Gasteiger partial charge in [-0.15, -0.1) is 0 Å². The molecule has 1 fully saturated rings. The maximum Gasteiger partial charge on any atom is 0.326 e. The Hall–Kier alpha value is -3.66. The number of nitrogens with zero attached hydrogens (tertiary/aromatic N) is 4. The molecule has 1 aliphatic carbocycles. The van der Waals surface area contributed by atoms with Crippen LogP contribution in [0.5, 0.6) is 5.88 Å². The average molecular weight is 472 g/mol. The van der Waals surface area contributed by atoms with Gasteiger partial charge in [0, 0.05) is 21.9 Å². The third-order valence-electron chi connectivity index (χ3n) is 5.17. The average Bonchev–Trinajstić information content (AvgIpc) is 3.38. The van der Waals surface area contributed by atoms with E-state index in [-0.39, 0.29) is 30.9 Å². The van der Waals surface area contributed by atoms with E-state index in [9.17, 15) is 14.3 Å². The molecule has 0 radical (unpaired) electrons. The number of H-pyrrole nitrogens is 2. The molecule has 9 nitrogen and oxygen atoms in total. The number of hydrogen-bond donors (Lipinski definition) is 4. The number of aromatic hydroxyl groups is 1. The Morgan fingerprint density at radius 2 is 2.15 bits per heavy atom. The number of aromatic amines is 2. The van der Waals surface area contributed by atoms with Gasteiger partial charge in [0.15, 0.2) is 11.1 Å². The van der Waals surface area contributed by atoms with Crippen LogP contribution < -0.4 is 21.7 Å². The summed E-state index contributed by atoms with van der Waals surface area (Å²) in [5, 5.41) is 18.5. The molecule has 0 spiro atoms. The van der Waals surface area contributed by atoms with Crippen molar-refractivity contribution in [3.8, 4) is 5.88 Å². The lowest BCUT2D eigenvalue weighted by molar-refractivity contribution is 0.454. The van der Waals surface area contributed by atoms with Gasteiger partial charge in [0.25, 0.3) is 0 Å². The van der Waals surface area contributed by atoms with Crippen molar-refractivity contribution in [3.63, 3.8) is 0 Å². The highest BCUT2D eigenvalue weighted by atomic mass is 35.5. The van der Waals surface area contributed by atoms with Crippen molar-refractivity contribution >= 4 is 29.1 Å². The molecule has 1 atom stereocenters. The first-order valence-corrected chi connectivity index (χ1v) is 10.4. The molecule has 0 amide bonds. The summed E-state index contributed by atoms with van der Waals surface area (Å²) in [4.78, 5) is 25.6. The van der Waals surface area contributed by atoms with Crippen LogP contribution in [0.2, 0.25) is 5.02 Å². The molecule has 172 valence electrons. The first-order chi connectivity index (χ1) is 15.4. The first-order valence-electron chi connectivity index (χ1n) is 10.0. The molecule has 4 aromatic rings. The zero-order valence-corrected chi connectivity index (χ0v) is 17.7. The topological polar surface area (TPSA) is 123 Å². The molecule has 0 saturated heterocycles. The molecule has 3 heterocycles. The van der Waals surface area contributed by atoms with Gasteiger partial charge in [-0.05, 0) is 44.0 Å². The van der Waals surface area contributed by atoms with E-state index >= 15 is 0 Å². The van der Waals surface area contributed by atoms with Gasteiger partial charge in [-0.3, -0.25) is 9.98 Å². The summed E-state index contributed by atoms with van der Waals surface area (Å²) >= 11 is 6.04. The highest BCUT2D eigenvalue weighted by molar-refractivity contribution is 6.30. The van der Waals surface area contributed by atoms with E-state index in [0.717, 1.165) is 12.8 Å². The van der Waals surface area contributed by atoms with E-state index in [1.165, 1.54) is 12.1 Å². The fourth-order valence-corrected chi connectivity index (χ4v) is 3.60. The third kappa shape index (κ3) is 4.61. The molecule has 3 aromatic heterocycles. The number of imidazole rings is 1. The van der Waals surface area contributed by atoms with Crippen LogP contribution in [0.4, 0.5) is 10.2 Å². The summed E-state index contributed by atoms with van der Waals surface area (Å²) < 4.78 is 15.9. The number of hydrogen-bond acceptors (Lipinski definition) is 6. The highest BCUT2D eigenvalue weighted by Crippen LogP contribution is 2.24. The van der Waals surface area contributed by atoms with E-state index < -0.39 is 11.7 Å². The number of nitrogens with one attached hydrogen (secondary N) is 3. The van der Waals surface area contributed by atoms with E-state index in [4.69, 9.17) is 16.6 Å². The third-order valence-corrected chi connectivity index (χ3v) is 5.40. The fraction of sp³-hybridized carbons (Fsp3) is 0.273. The van der Waals surface area contributed by atoms with Crippen molar-refractivity contribution in [1.82, 2.24) is 24.6 Å². The van der Waals surface area contributed by atoms with Gasteiger partial charge in [0.1, 0.15) is 17.3 Å². The van der Waals surface area contributed by atoms with Crippen LogP contribution in [0.3, 0.4) is 0 Å². The molecule has 0 bridgehead atoms. The second kappa shape index (κ2) is 8.70. The Bertz CT molecular complexity index is 1500. The van der Waals surface area contributed by atoms with E-state index in [1.807, 2.05) is 6.92 Å². The monoisotopic (exact) mass is 471 g/mol. The number of rotatable bonds is 5. The van der Waals surface area contributed by atoms with E-state index in [0.29, 0.717) is 32.8 Å². The van der Waals surface area contributed by atoms with Crippen LogP contribution in [0.25, 0.3) is 11.7 Å². The molecule has 0 unspecified atom stereocenters. The standard InChI is InChI=1S/C21H19ClFN7O2.CH4/c1-10(14-7-12(22)2-5-15(14)23)25-17-8-18(26-13-3-4-13)30-19(28-17)11(9-24-30)6-16-20(31)29-21(32)27-16;/h2,5-10,13,25,31H,3-4H2,1H3,(H2,27,29,32);1H4/t10-;/m0./s1. The Balaban J connectivity index is 0.00000259. The van der Waals surface area contributed by atoms with Crippen LogP contribution in [0, 0.1) is 5.82 Å². The summed E-state index contributed by atoms with van der Waals surface area (Å²) in [7, 11) is 0. The zero-order valence-electron chi connectivity index (χ0n) is 16.9. The van der Waals surface area contributed by atoms with Gasteiger partial charge in [0.05, 0.1) is 18.3 Å². The minimum atomic E-state index is -0.526. The lowest BCUT2D eigenvalue weighted by Gasteiger charge is -2.16. The van der Waals surface area contributed by atoms with Crippen LogP contribution in [0.15, 0.2) is 40.2 Å². The van der Waals surface area contributed by atoms with Gasteiger partial charge in [-0.2, -0.15) is 9.61 Å². The van der Waals surface area contributed by atoms with Crippen LogP contribution >= 0.6 is 11.6 Å². The normalized spacial score (nSPS) is 15.6. The van der Waals surface area contributed by atoms with E-state index in [1.54, 1.807) is 28.9 Å². The smallest absolute Gasteiger partial charge is 0.326 e. The summed E-state index contributed by atoms with van der Waals surface area (Å²) in [6.45, 7) is 1.81. The van der Waals surface area contributed by atoms with Gasteiger partial charge < -0.3 is 15.4 Å². The van der Waals surface area contributed by atoms with Gasteiger partial charge in [-0.1, -0.05) is 19.0 Å². The number of halogens is 2. The van der Waals surface area contributed by atoms with E-state index in [2.05, 4.69) is 25.4 Å². The largest absolute Gasteiger partial charge is 0.493 e. The molecular weight excluding hydrogens is 449 g/mol. The van der Waals surface area contributed by atoms with Gasteiger partial charge in [0.2, 0.25) is 5.88 Å². The molecule has 11 heteroatoms. The molecule has 1 aliphatic rings. The Kier molecular flexibility index (Phi) is 5.94. The zero-order chi connectivity index (χ0) is 22.4. The summed E-state index contributed by atoms with van der Waals surface area (Å²) in [5.41, 5.74) is 1.16. The van der Waals surface area contributed by atoms with Crippen molar-refractivity contribution in [2.45, 2.75) is 39.3 Å². The number of fused-ring (bicyclic) bond motifs is 1. The molecule has 0 aliphatic heterocycles. The maximum absolute atomic E-state index is 14.3. The molecular formula is C22H23ClFN7O2. The van der Waals surface area contributed by atoms with Crippen molar-refractivity contribution in [2.75, 3.05) is 5.32 Å². The maximum atomic E-state index is 14.3. The van der Waals surface area contributed by atoms with Crippen molar-refractivity contribution < 1.29 is 9.50 Å². The summed E-state index contributed by atoms with van der Waals surface area (Å²) in [6, 6.07) is 5.98. The predicted octanol–water partition coefficient (Wildman–Crippen LogP) is 2.66. The van der Waals surface area contributed by atoms with Crippen molar-refractivity contribution in [2.24, 2.45) is 4.99 Å². The minimum Gasteiger partial charge on any atom is -0.493 e. The lowest BCUT2D eigenvalue weighted by Crippen LogP contribution is -2.21. The SMILES string of the molecule is C.C[C@H](Nc1cc(=NC2CC2)n2ncc(=Cc3[nH]c(=O)[nH]c3O)c2n1)c1cc(Cl)ccc1F. The van der Waals surface area contributed by atoms with Crippen LogP contribution in [-0.2, 0) is 0 Å². The number of aromatic nitrogens is 5. The quantitative estimate of drug-likeness (QED) is 0.356. The Labute approximate surface area is 192 Å². The number of benzene rings is 1. The second-order valence-electron chi connectivity index (χ2n) is 7.71. The highest BCUT2D eigenvalue weighted by Gasteiger charge is 2.21. The number of anilines is 1. The Morgan fingerprint density at radius 1 is 1.36 bits per heavy atom. The van der Waals surface area contributed by atoms with Crippen molar-refractivity contribution in [3.05, 3.63) is 73.8 Å². The predicted molar refractivity (Wildman–Crippen MR) is 124 cm³/mol. The molecule has 5 rings (SSSR count). The molecule has 1 aromatic carbocycles. The fourth-order valence-electron chi connectivity index (χ4n) is 3.42. The molecule has 1 saturated carbocycles.